The van der Waals surface area contributed by atoms with Gasteiger partial charge < -0.3 is 15.2 Å². The molecular weight excluding hydrogens is 346 g/mol. The predicted molar refractivity (Wildman–Crippen MR) is 102 cm³/mol. The molecule has 0 aliphatic carbocycles. The second-order valence-corrected chi connectivity index (χ2v) is 8.21. The molecule has 1 atom stereocenters. The van der Waals surface area contributed by atoms with E-state index in [2.05, 4.69) is 10.4 Å². The third kappa shape index (κ3) is 4.30. The van der Waals surface area contributed by atoms with Crippen molar-refractivity contribution in [3.63, 3.8) is 0 Å². The van der Waals surface area contributed by atoms with Gasteiger partial charge in [-0.15, -0.1) is 0 Å². The number of carboxylic acids is 1. The fourth-order valence-corrected chi connectivity index (χ4v) is 3.46. The number of nitrogens with one attached hydrogen (secondary N) is 1. The lowest BCUT2D eigenvalue weighted by Crippen LogP contribution is -2.49. The highest BCUT2D eigenvalue weighted by molar-refractivity contribution is 6.06. The Kier molecular flexibility index (Phi) is 5.51. The number of hydrogen-bond acceptors (Lipinski definition) is 4. The third-order valence-corrected chi connectivity index (χ3v) is 5.03. The number of carbonyl (C=O) groups is 2. The summed E-state index contributed by atoms with van der Waals surface area (Å²) in [6.45, 7) is 7.58. The summed E-state index contributed by atoms with van der Waals surface area (Å²) in [6.07, 6.45) is 1.95. The van der Waals surface area contributed by atoms with Crippen LogP contribution in [0, 0.1) is 11.3 Å². The molecule has 1 fully saturated rings. The van der Waals surface area contributed by atoms with E-state index in [-0.39, 0.29) is 5.69 Å². The first kappa shape index (κ1) is 19.4. The number of aliphatic carboxylic acids is 1. The first-order valence-corrected chi connectivity index (χ1v) is 9.34. The highest BCUT2D eigenvalue weighted by atomic mass is 16.5. The van der Waals surface area contributed by atoms with E-state index >= 15 is 0 Å². The number of amides is 1. The molecule has 0 radical (unpaired) electrons. The van der Waals surface area contributed by atoms with Crippen molar-refractivity contribution in [2.45, 2.75) is 46.2 Å². The van der Waals surface area contributed by atoms with Crippen molar-refractivity contribution < 1.29 is 19.4 Å². The van der Waals surface area contributed by atoms with Gasteiger partial charge in [-0.2, -0.15) is 5.10 Å². The maximum absolute atomic E-state index is 12.9. The average molecular weight is 373 g/mol. The first-order chi connectivity index (χ1) is 12.8. The van der Waals surface area contributed by atoms with E-state index in [1.165, 1.54) is 0 Å². The summed E-state index contributed by atoms with van der Waals surface area (Å²) in [6, 6.07) is 6.57. The summed E-state index contributed by atoms with van der Waals surface area (Å²) in [7, 11) is 0. The minimum atomic E-state index is -1.05. The van der Waals surface area contributed by atoms with E-state index in [0.29, 0.717) is 5.92 Å². The SMILES string of the molecule is CC(C)(C)C(NC(=O)c1nn(CC2CCOCC2)c2ccccc12)C(=O)O. The van der Waals surface area contributed by atoms with Gasteiger partial charge >= 0.3 is 5.97 Å². The summed E-state index contributed by atoms with van der Waals surface area (Å²) >= 11 is 0. The lowest BCUT2D eigenvalue weighted by Gasteiger charge is -2.27. The van der Waals surface area contributed by atoms with E-state index in [0.717, 1.165) is 43.5 Å². The maximum Gasteiger partial charge on any atom is 0.326 e. The molecule has 2 heterocycles. The van der Waals surface area contributed by atoms with Crippen molar-refractivity contribution in [2.75, 3.05) is 13.2 Å². The summed E-state index contributed by atoms with van der Waals surface area (Å²) in [4.78, 5) is 24.4. The van der Waals surface area contributed by atoms with Crippen molar-refractivity contribution in [1.82, 2.24) is 15.1 Å². The zero-order valence-electron chi connectivity index (χ0n) is 16.1. The van der Waals surface area contributed by atoms with Crippen LogP contribution < -0.4 is 5.32 Å². The van der Waals surface area contributed by atoms with E-state index in [1.807, 2.05) is 28.9 Å². The Labute approximate surface area is 158 Å². The Morgan fingerprint density at radius 2 is 1.96 bits per heavy atom. The van der Waals surface area contributed by atoms with Gasteiger partial charge in [0.25, 0.3) is 5.91 Å². The minimum Gasteiger partial charge on any atom is -0.480 e. The highest BCUT2D eigenvalue weighted by Crippen LogP contribution is 2.24. The second-order valence-electron chi connectivity index (χ2n) is 8.21. The Morgan fingerprint density at radius 1 is 1.30 bits per heavy atom. The van der Waals surface area contributed by atoms with Gasteiger partial charge in [-0.1, -0.05) is 39.0 Å². The van der Waals surface area contributed by atoms with Gasteiger partial charge in [-0.25, -0.2) is 4.79 Å². The van der Waals surface area contributed by atoms with Crippen LogP contribution in [0.2, 0.25) is 0 Å². The molecule has 1 amide bonds. The number of benzene rings is 1. The van der Waals surface area contributed by atoms with Crippen LogP contribution in [-0.4, -0.2) is 46.0 Å². The van der Waals surface area contributed by atoms with Crippen molar-refractivity contribution >= 4 is 22.8 Å². The zero-order chi connectivity index (χ0) is 19.6. The number of hydrogen-bond donors (Lipinski definition) is 2. The van der Waals surface area contributed by atoms with Crippen molar-refractivity contribution in [3.05, 3.63) is 30.0 Å². The van der Waals surface area contributed by atoms with Gasteiger partial charge in [0.2, 0.25) is 0 Å². The molecule has 27 heavy (non-hydrogen) atoms. The molecule has 2 aromatic rings. The van der Waals surface area contributed by atoms with Gasteiger partial charge in [-0.05, 0) is 30.2 Å². The molecule has 7 nitrogen and oxygen atoms in total. The van der Waals surface area contributed by atoms with E-state index < -0.39 is 23.3 Å². The van der Waals surface area contributed by atoms with Crippen LogP contribution >= 0.6 is 0 Å². The number of ether oxygens (including phenoxy) is 1. The number of carboxylic acid groups (broad SMARTS) is 1. The van der Waals surface area contributed by atoms with Crippen LogP contribution in [0.4, 0.5) is 0 Å². The fourth-order valence-electron chi connectivity index (χ4n) is 3.46. The summed E-state index contributed by atoms with van der Waals surface area (Å²) in [5, 5.41) is 17.4. The highest BCUT2D eigenvalue weighted by Gasteiger charge is 2.34. The lowest BCUT2D eigenvalue weighted by molar-refractivity contribution is -0.142. The lowest BCUT2D eigenvalue weighted by atomic mass is 9.86. The molecule has 7 heteroatoms. The molecule has 1 aromatic heterocycles. The molecule has 0 saturated carbocycles. The smallest absolute Gasteiger partial charge is 0.326 e. The molecule has 0 bridgehead atoms. The van der Waals surface area contributed by atoms with Gasteiger partial charge in [0.1, 0.15) is 6.04 Å². The molecule has 1 saturated heterocycles. The molecule has 3 rings (SSSR count). The second kappa shape index (κ2) is 7.68. The van der Waals surface area contributed by atoms with Crippen molar-refractivity contribution in [3.8, 4) is 0 Å². The fraction of sp³-hybridized carbons (Fsp3) is 0.550. The van der Waals surface area contributed by atoms with Gasteiger partial charge in [0.15, 0.2) is 5.69 Å². The number of carbonyl (C=O) groups excluding carboxylic acids is 1. The Bertz CT molecular complexity index is 831. The van der Waals surface area contributed by atoms with Crippen LogP contribution in [0.1, 0.15) is 44.1 Å². The largest absolute Gasteiger partial charge is 0.480 e. The molecule has 2 N–H and O–H groups in total. The Balaban J connectivity index is 1.89. The molecular formula is C20H27N3O4. The third-order valence-electron chi connectivity index (χ3n) is 5.03. The van der Waals surface area contributed by atoms with Crippen LogP contribution in [0.3, 0.4) is 0 Å². The van der Waals surface area contributed by atoms with Gasteiger partial charge in [-0.3, -0.25) is 9.48 Å². The van der Waals surface area contributed by atoms with Gasteiger partial charge in [0, 0.05) is 25.1 Å². The van der Waals surface area contributed by atoms with E-state index in [9.17, 15) is 14.7 Å². The van der Waals surface area contributed by atoms with Crippen molar-refractivity contribution in [2.24, 2.45) is 11.3 Å². The number of aromatic nitrogens is 2. The van der Waals surface area contributed by atoms with Crippen molar-refractivity contribution in [1.29, 1.82) is 0 Å². The predicted octanol–water partition coefficient (Wildman–Crippen LogP) is 2.69. The standard InChI is InChI=1S/C20H27N3O4/c1-20(2,3)17(19(25)26)21-18(24)16-14-6-4-5-7-15(14)23(22-16)12-13-8-10-27-11-9-13/h4-7,13,17H,8-12H2,1-3H3,(H,21,24)(H,25,26). The monoisotopic (exact) mass is 373 g/mol. The summed E-state index contributed by atoms with van der Waals surface area (Å²) in [5.41, 5.74) is 0.548. The minimum absolute atomic E-state index is 0.271. The number of fused-ring (bicyclic) bond motifs is 1. The summed E-state index contributed by atoms with van der Waals surface area (Å²) in [5.74, 6) is -1.06. The molecule has 1 aliphatic heterocycles. The average Bonchev–Trinajstić information content (AvgIpc) is 2.98. The number of rotatable bonds is 5. The number of nitrogens with zero attached hydrogens (tertiary/aromatic N) is 2. The molecule has 1 aliphatic rings. The van der Waals surface area contributed by atoms with E-state index in [4.69, 9.17) is 4.74 Å². The normalized spacial score (nSPS) is 17.0. The van der Waals surface area contributed by atoms with Crippen LogP contribution in [0.5, 0.6) is 0 Å². The summed E-state index contributed by atoms with van der Waals surface area (Å²) < 4.78 is 7.29. The van der Waals surface area contributed by atoms with Crippen LogP contribution in [0.25, 0.3) is 10.9 Å². The van der Waals surface area contributed by atoms with E-state index in [1.54, 1.807) is 20.8 Å². The Morgan fingerprint density at radius 3 is 2.59 bits per heavy atom. The zero-order valence-corrected chi connectivity index (χ0v) is 16.1. The van der Waals surface area contributed by atoms with Crippen LogP contribution in [-0.2, 0) is 16.1 Å². The Hall–Kier alpha value is -2.41. The molecule has 1 unspecified atom stereocenters. The van der Waals surface area contributed by atoms with Crippen LogP contribution in [0.15, 0.2) is 24.3 Å². The quantitative estimate of drug-likeness (QED) is 0.840. The number of para-hydroxylation sites is 1. The molecule has 1 aromatic carbocycles. The molecule has 146 valence electrons. The first-order valence-electron chi connectivity index (χ1n) is 9.34. The topological polar surface area (TPSA) is 93.5 Å². The van der Waals surface area contributed by atoms with Gasteiger partial charge in [0.05, 0.1) is 5.52 Å². The molecule has 0 spiro atoms. The maximum atomic E-state index is 12.9.